The van der Waals surface area contributed by atoms with E-state index in [1.54, 1.807) is 27.9 Å². The van der Waals surface area contributed by atoms with Crippen LogP contribution in [0.1, 0.15) is 40.4 Å². The summed E-state index contributed by atoms with van der Waals surface area (Å²) in [5.41, 5.74) is 3.91. The Morgan fingerprint density at radius 2 is 1.59 bits per heavy atom. The normalized spacial score (nSPS) is 20.5. The van der Waals surface area contributed by atoms with Crippen molar-refractivity contribution < 1.29 is 29.0 Å². The molecule has 0 bridgehead atoms. The Hall–Kier alpha value is -5.78. The number of hydrogen-bond acceptors (Lipinski definition) is 6. The summed E-state index contributed by atoms with van der Waals surface area (Å²) in [5, 5.41) is 13.7. The van der Waals surface area contributed by atoms with Crippen LogP contribution in [-0.4, -0.2) is 62.2 Å². The second-order valence-electron chi connectivity index (χ2n) is 16.9. The van der Waals surface area contributed by atoms with Gasteiger partial charge in [-0.25, -0.2) is 0 Å². The number of fused-ring (bicyclic) bond motifs is 2. The molecule has 6 aromatic rings. The first-order valence-electron chi connectivity index (χ1n) is 20.8. The standard InChI is InChI=1S/C50H48ClN3O6Si/c1-32-47(61(3,4)39-23-21-38(59-2)22-24-39)44(29-45(56)52(26-27-55)30-33-10-6-5-7-11-33)60-50(32)41-28-36(51)18-25-42(41)53(49(50)58)31-34-16-19-37(20-17-34)54-43-15-9-13-35-12-8-14-40(46(35)43)48(54)57/h5-25,28,32,44,47,55H,26-27,29-31H2,1-4H3/t32-,44+,47-,50+/m1/s1. The summed E-state index contributed by atoms with van der Waals surface area (Å²) in [4.78, 5) is 48.8. The highest BCUT2D eigenvalue weighted by Crippen LogP contribution is 2.60. The number of aliphatic hydroxyl groups is 1. The summed E-state index contributed by atoms with van der Waals surface area (Å²) in [6, 6.07) is 42.9. The lowest BCUT2D eigenvalue weighted by Crippen LogP contribution is -2.52. The molecule has 9 nitrogen and oxygen atoms in total. The minimum atomic E-state index is -2.56. The molecule has 9 rings (SSSR count). The van der Waals surface area contributed by atoms with E-state index in [1.165, 1.54) is 0 Å². The second kappa shape index (κ2) is 15.9. The quantitative estimate of drug-likeness (QED) is 0.124. The smallest absolute Gasteiger partial charge is 0.264 e. The van der Waals surface area contributed by atoms with Gasteiger partial charge in [-0.05, 0) is 76.7 Å². The monoisotopic (exact) mass is 849 g/mol. The summed E-state index contributed by atoms with van der Waals surface area (Å²) in [6.07, 6.45) is -0.585. The minimum Gasteiger partial charge on any atom is -0.497 e. The number of ether oxygens (including phenoxy) is 2. The number of nitrogens with zero attached hydrogens (tertiary/aromatic N) is 3. The lowest BCUT2D eigenvalue weighted by atomic mass is 9.82. The summed E-state index contributed by atoms with van der Waals surface area (Å²) < 4.78 is 12.8. The number of benzene rings is 6. The molecular formula is C50H48ClN3O6Si. The van der Waals surface area contributed by atoms with Crippen molar-refractivity contribution in [2.75, 3.05) is 30.1 Å². The molecule has 11 heteroatoms. The number of methoxy groups -OCH3 is 1. The van der Waals surface area contributed by atoms with Crippen LogP contribution >= 0.6 is 11.6 Å². The molecule has 3 heterocycles. The Morgan fingerprint density at radius 3 is 2.30 bits per heavy atom. The molecule has 0 aromatic heterocycles. The Bertz CT molecular complexity index is 2650. The fourth-order valence-electron chi connectivity index (χ4n) is 10.3. The van der Waals surface area contributed by atoms with Crippen LogP contribution in [0.4, 0.5) is 17.1 Å². The molecule has 6 aromatic carbocycles. The number of rotatable bonds is 12. The third-order valence-electron chi connectivity index (χ3n) is 13.2. The van der Waals surface area contributed by atoms with E-state index in [0.29, 0.717) is 28.4 Å². The van der Waals surface area contributed by atoms with Crippen LogP contribution in [-0.2, 0) is 33.0 Å². The maximum atomic E-state index is 15.4. The van der Waals surface area contributed by atoms with E-state index in [4.69, 9.17) is 21.1 Å². The maximum absolute atomic E-state index is 15.4. The number of anilines is 3. The van der Waals surface area contributed by atoms with Crippen molar-refractivity contribution in [2.45, 2.75) is 56.8 Å². The molecule has 0 saturated carbocycles. The summed E-state index contributed by atoms with van der Waals surface area (Å²) in [6.45, 7) is 7.25. The predicted molar refractivity (Wildman–Crippen MR) is 243 cm³/mol. The molecule has 1 N–H and O–H groups in total. The second-order valence-corrected chi connectivity index (χ2v) is 22.0. The van der Waals surface area contributed by atoms with Crippen molar-refractivity contribution in [1.82, 2.24) is 4.90 Å². The predicted octanol–water partition coefficient (Wildman–Crippen LogP) is 8.97. The van der Waals surface area contributed by atoms with E-state index in [9.17, 15) is 14.7 Å². The van der Waals surface area contributed by atoms with Gasteiger partial charge in [0.1, 0.15) is 5.75 Å². The maximum Gasteiger partial charge on any atom is 0.264 e. The molecule has 3 aliphatic heterocycles. The molecule has 310 valence electrons. The van der Waals surface area contributed by atoms with E-state index in [1.807, 2.05) is 115 Å². The summed E-state index contributed by atoms with van der Waals surface area (Å²) in [7, 11) is -0.914. The third-order valence-corrected chi connectivity index (χ3v) is 17.8. The number of carbonyl (C=O) groups is 3. The highest BCUT2D eigenvalue weighted by Gasteiger charge is 2.66. The van der Waals surface area contributed by atoms with Gasteiger partial charge in [0.15, 0.2) is 5.60 Å². The number of halogens is 1. The Kier molecular flexibility index (Phi) is 10.6. The van der Waals surface area contributed by atoms with Gasteiger partial charge < -0.3 is 24.4 Å². The van der Waals surface area contributed by atoms with E-state index in [2.05, 4.69) is 32.2 Å². The topological polar surface area (TPSA) is 99.6 Å². The van der Waals surface area contributed by atoms with Crippen molar-refractivity contribution in [2.24, 2.45) is 5.92 Å². The largest absolute Gasteiger partial charge is 0.497 e. The van der Waals surface area contributed by atoms with Gasteiger partial charge in [-0.15, -0.1) is 0 Å². The molecule has 1 spiro atoms. The average molecular weight is 850 g/mol. The first-order chi connectivity index (χ1) is 29.5. The van der Waals surface area contributed by atoms with Crippen molar-refractivity contribution in [3.63, 3.8) is 0 Å². The highest BCUT2D eigenvalue weighted by molar-refractivity contribution is 6.91. The van der Waals surface area contributed by atoms with Crippen LogP contribution in [0.15, 0.2) is 133 Å². The van der Waals surface area contributed by atoms with E-state index >= 15 is 4.79 Å². The Labute approximate surface area is 362 Å². The molecular weight excluding hydrogens is 802 g/mol. The molecule has 3 aliphatic rings. The number of aliphatic hydroxyl groups excluding tert-OH is 1. The fraction of sp³-hybridized carbons (Fsp3) is 0.260. The first-order valence-corrected chi connectivity index (χ1v) is 24.2. The Balaban J connectivity index is 1.06. The molecule has 0 unspecified atom stereocenters. The van der Waals surface area contributed by atoms with Gasteiger partial charge in [0.05, 0.1) is 57.8 Å². The molecule has 0 radical (unpaired) electrons. The van der Waals surface area contributed by atoms with Crippen LogP contribution in [0.25, 0.3) is 10.8 Å². The molecule has 1 fully saturated rings. The molecule has 4 atom stereocenters. The van der Waals surface area contributed by atoms with Crippen LogP contribution < -0.4 is 19.7 Å². The molecule has 1 saturated heterocycles. The van der Waals surface area contributed by atoms with Crippen molar-refractivity contribution in [1.29, 1.82) is 0 Å². The van der Waals surface area contributed by atoms with E-state index in [-0.39, 0.29) is 55.3 Å². The van der Waals surface area contributed by atoms with Crippen molar-refractivity contribution >= 4 is 70.4 Å². The van der Waals surface area contributed by atoms with Crippen molar-refractivity contribution in [3.8, 4) is 5.75 Å². The summed E-state index contributed by atoms with van der Waals surface area (Å²) >= 11 is 6.76. The lowest BCUT2D eigenvalue weighted by molar-refractivity contribution is -0.150. The lowest BCUT2D eigenvalue weighted by Gasteiger charge is -2.37. The van der Waals surface area contributed by atoms with Gasteiger partial charge in [0.25, 0.3) is 11.8 Å². The number of carbonyl (C=O) groups excluding carboxylic acids is 3. The van der Waals surface area contributed by atoms with Gasteiger partial charge in [-0.1, -0.05) is 116 Å². The molecule has 61 heavy (non-hydrogen) atoms. The van der Waals surface area contributed by atoms with Crippen molar-refractivity contribution in [3.05, 3.63) is 161 Å². The van der Waals surface area contributed by atoms with Crippen LogP contribution in [0.2, 0.25) is 23.7 Å². The zero-order chi connectivity index (χ0) is 42.6. The third kappa shape index (κ3) is 6.82. The zero-order valence-electron chi connectivity index (χ0n) is 34.7. The van der Waals surface area contributed by atoms with Gasteiger partial charge in [0, 0.05) is 40.7 Å². The van der Waals surface area contributed by atoms with Crippen LogP contribution in [0.3, 0.4) is 0 Å². The van der Waals surface area contributed by atoms with Gasteiger partial charge in [-0.2, -0.15) is 0 Å². The van der Waals surface area contributed by atoms with E-state index in [0.717, 1.165) is 44.2 Å². The Morgan fingerprint density at radius 1 is 0.869 bits per heavy atom. The minimum absolute atomic E-state index is 0.0353. The average Bonchev–Trinajstić information content (AvgIpc) is 3.82. The van der Waals surface area contributed by atoms with Gasteiger partial charge >= 0.3 is 0 Å². The molecule has 3 amide bonds. The SMILES string of the molecule is COc1ccc([Si](C)(C)[C@H]2[C@H](CC(=O)N(CCO)Cc3ccccc3)O[C@@]3(C(=O)N(Cc4ccc(N5C(=O)c6cccc7cccc5c67)cc4)c4ccc(Cl)cc43)[C@@H]2C)cc1. The van der Waals surface area contributed by atoms with Crippen LogP contribution in [0, 0.1) is 5.92 Å². The highest BCUT2D eigenvalue weighted by atomic mass is 35.5. The van der Waals surface area contributed by atoms with Crippen LogP contribution in [0.5, 0.6) is 5.75 Å². The van der Waals surface area contributed by atoms with Gasteiger partial charge in [0.2, 0.25) is 5.91 Å². The van der Waals surface area contributed by atoms with E-state index < -0.39 is 19.8 Å². The zero-order valence-corrected chi connectivity index (χ0v) is 36.4. The first kappa shape index (κ1) is 40.6. The number of hydrogen-bond donors (Lipinski definition) is 1. The number of amides is 3. The van der Waals surface area contributed by atoms with Gasteiger partial charge in [-0.3, -0.25) is 19.3 Å². The molecule has 0 aliphatic carbocycles. The fourth-order valence-corrected chi connectivity index (χ4v) is 14.4. The summed E-state index contributed by atoms with van der Waals surface area (Å²) in [5.74, 6) is -0.0224.